The molecule has 0 aliphatic heterocycles. The lowest BCUT2D eigenvalue weighted by molar-refractivity contribution is 0.241. The van der Waals surface area contributed by atoms with Crippen LogP contribution in [0.3, 0.4) is 0 Å². The van der Waals surface area contributed by atoms with Crippen molar-refractivity contribution >= 4 is 0 Å². The van der Waals surface area contributed by atoms with E-state index in [-0.39, 0.29) is 11.5 Å². The fourth-order valence-electron chi connectivity index (χ4n) is 2.15. The predicted molar refractivity (Wildman–Crippen MR) is 84.1 cm³/mol. The van der Waals surface area contributed by atoms with Crippen LogP contribution in [-0.2, 0) is 11.8 Å². The summed E-state index contributed by atoms with van der Waals surface area (Å²) in [6, 6.07) is 6.71. The molecule has 0 amide bonds. The second-order valence-corrected chi connectivity index (χ2v) is 8.02. The maximum atomic E-state index is 5.91. The van der Waals surface area contributed by atoms with Gasteiger partial charge in [-0.2, -0.15) is 0 Å². The molecule has 0 fully saturated rings. The van der Waals surface area contributed by atoms with Crippen molar-refractivity contribution < 1.29 is 4.74 Å². The summed E-state index contributed by atoms with van der Waals surface area (Å²) in [4.78, 5) is 0. The van der Waals surface area contributed by atoms with Crippen LogP contribution in [0, 0.1) is 5.41 Å². The molecule has 0 saturated carbocycles. The monoisotopic (exact) mass is 262 g/mol. The van der Waals surface area contributed by atoms with Crippen molar-refractivity contribution in [3.8, 4) is 5.75 Å². The first-order chi connectivity index (χ1) is 8.47. The number of benzene rings is 1. The Morgan fingerprint density at radius 1 is 0.947 bits per heavy atom. The van der Waals surface area contributed by atoms with E-state index in [2.05, 4.69) is 73.6 Å². The molecule has 0 N–H and O–H groups in total. The first-order valence-electron chi connectivity index (χ1n) is 7.28. The predicted octanol–water partition coefficient (Wildman–Crippen LogP) is 5.36. The molecule has 0 radical (unpaired) electrons. The van der Waals surface area contributed by atoms with Crippen LogP contribution in [-0.4, -0.2) is 6.10 Å². The van der Waals surface area contributed by atoms with Crippen LogP contribution in [0.1, 0.15) is 66.5 Å². The lowest BCUT2D eigenvalue weighted by Gasteiger charge is -2.24. The maximum Gasteiger partial charge on any atom is 0.120 e. The van der Waals surface area contributed by atoms with Crippen LogP contribution in [0.4, 0.5) is 0 Å². The summed E-state index contributed by atoms with van der Waals surface area (Å²) in [5, 5.41) is 0. The van der Waals surface area contributed by atoms with Gasteiger partial charge >= 0.3 is 0 Å². The molecule has 0 spiro atoms. The zero-order valence-corrected chi connectivity index (χ0v) is 13.9. The van der Waals surface area contributed by atoms with Crippen molar-refractivity contribution in [2.45, 2.75) is 73.3 Å². The average molecular weight is 262 g/mol. The smallest absolute Gasteiger partial charge is 0.120 e. The van der Waals surface area contributed by atoms with E-state index in [4.69, 9.17) is 4.74 Å². The molecular formula is C18H30O. The Hall–Kier alpha value is -0.980. The fourth-order valence-corrected chi connectivity index (χ4v) is 2.15. The van der Waals surface area contributed by atoms with E-state index in [0.717, 1.165) is 12.2 Å². The van der Waals surface area contributed by atoms with Crippen LogP contribution in [0.15, 0.2) is 18.2 Å². The van der Waals surface area contributed by atoms with Gasteiger partial charge in [0.2, 0.25) is 0 Å². The molecule has 0 saturated heterocycles. The Morgan fingerprint density at radius 3 is 1.95 bits per heavy atom. The largest absolute Gasteiger partial charge is 0.491 e. The summed E-state index contributed by atoms with van der Waals surface area (Å²) in [7, 11) is 0. The minimum Gasteiger partial charge on any atom is -0.491 e. The van der Waals surface area contributed by atoms with Crippen molar-refractivity contribution in [1.29, 1.82) is 0 Å². The van der Waals surface area contributed by atoms with Gasteiger partial charge in [0.05, 0.1) is 6.10 Å². The van der Waals surface area contributed by atoms with Gasteiger partial charge in [-0.1, -0.05) is 47.6 Å². The molecule has 108 valence electrons. The second-order valence-electron chi connectivity index (χ2n) is 8.02. The molecule has 1 aromatic rings. The van der Waals surface area contributed by atoms with Gasteiger partial charge in [-0.3, -0.25) is 0 Å². The second kappa shape index (κ2) is 5.56. The van der Waals surface area contributed by atoms with Crippen molar-refractivity contribution in [1.82, 2.24) is 0 Å². The molecule has 0 heterocycles. The van der Waals surface area contributed by atoms with Gasteiger partial charge in [0.25, 0.3) is 0 Å². The number of hydrogen-bond donors (Lipinski definition) is 0. The molecule has 0 aliphatic carbocycles. The highest BCUT2D eigenvalue weighted by atomic mass is 16.5. The third-order valence-electron chi connectivity index (χ3n) is 2.94. The Morgan fingerprint density at radius 2 is 1.53 bits per heavy atom. The first kappa shape index (κ1) is 16.1. The standard InChI is InChI=1S/C18H30O/c1-13(2)19-16-10-14(12-17(3,4)5)9-15(11-16)18(6,7)8/h9-11,13H,12H2,1-8H3. The van der Waals surface area contributed by atoms with E-state index in [0.29, 0.717) is 5.41 Å². The molecule has 1 nitrogen and oxygen atoms in total. The number of ether oxygens (including phenoxy) is 1. The van der Waals surface area contributed by atoms with Gasteiger partial charge in [0.15, 0.2) is 0 Å². The first-order valence-corrected chi connectivity index (χ1v) is 7.28. The van der Waals surface area contributed by atoms with E-state index in [9.17, 15) is 0 Å². The van der Waals surface area contributed by atoms with Gasteiger partial charge in [-0.25, -0.2) is 0 Å². The van der Waals surface area contributed by atoms with Crippen LogP contribution < -0.4 is 4.74 Å². The number of rotatable bonds is 3. The highest BCUT2D eigenvalue weighted by Crippen LogP contribution is 2.31. The maximum absolute atomic E-state index is 5.91. The normalized spacial score (nSPS) is 12.9. The minimum atomic E-state index is 0.156. The van der Waals surface area contributed by atoms with Crippen LogP contribution >= 0.6 is 0 Å². The summed E-state index contributed by atoms with van der Waals surface area (Å²) in [6.45, 7) is 17.7. The summed E-state index contributed by atoms with van der Waals surface area (Å²) in [5.41, 5.74) is 3.18. The minimum absolute atomic E-state index is 0.156. The van der Waals surface area contributed by atoms with Crippen molar-refractivity contribution in [2.75, 3.05) is 0 Å². The van der Waals surface area contributed by atoms with E-state index in [1.165, 1.54) is 11.1 Å². The van der Waals surface area contributed by atoms with E-state index in [1.807, 2.05) is 0 Å². The Kier molecular flexibility index (Phi) is 4.71. The lowest BCUT2D eigenvalue weighted by atomic mass is 9.82. The average Bonchev–Trinajstić information content (AvgIpc) is 2.11. The molecule has 19 heavy (non-hydrogen) atoms. The van der Waals surface area contributed by atoms with Crippen molar-refractivity contribution in [2.24, 2.45) is 5.41 Å². The fraction of sp³-hybridized carbons (Fsp3) is 0.667. The van der Waals surface area contributed by atoms with Crippen LogP contribution in [0.25, 0.3) is 0 Å². The Balaban J connectivity index is 3.16. The van der Waals surface area contributed by atoms with Crippen LogP contribution in [0.5, 0.6) is 5.75 Å². The molecule has 0 unspecified atom stereocenters. The molecule has 1 aromatic carbocycles. The van der Waals surface area contributed by atoms with Gasteiger partial charge in [-0.15, -0.1) is 0 Å². The Bertz CT molecular complexity index is 416. The number of hydrogen-bond acceptors (Lipinski definition) is 1. The van der Waals surface area contributed by atoms with Crippen LogP contribution in [0.2, 0.25) is 0 Å². The molecule has 1 heteroatoms. The summed E-state index contributed by atoms with van der Waals surface area (Å²) >= 11 is 0. The van der Waals surface area contributed by atoms with Crippen molar-refractivity contribution in [3.63, 3.8) is 0 Å². The molecule has 0 aliphatic rings. The third-order valence-corrected chi connectivity index (χ3v) is 2.94. The molecule has 0 aromatic heterocycles. The highest BCUT2D eigenvalue weighted by molar-refractivity contribution is 5.38. The van der Waals surface area contributed by atoms with Gasteiger partial charge < -0.3 is 4.74 Å². The SMILES string of the molecule is CC(C)Oc1cc(CC(C)(C)C)cc(C(C)(C)C)c1. The van der Waals surface area contributed by atoms with Gasteiger partial charge in [0.1, 0.15) is 5.75 Å². The third kappa shape index (κ3) is 5.67. The summed E-state index contributed by atoms with van der Waals surface area (Å²) in [5.74, 6) is 1.00. The zero-order valence-electron chi connectivity index (χ0n) is 13.9. The summed E-state index contributed by atoms with van der Waals surface area (Å²) in [6.07, 6.45) is 1.29. The molecule has 1 rings (SSSR count). The van der Waals surface area contributed by atoms with E-state index < -0.39 is 0 Å². The van der Waals surface area contributed by atoms with E-state index in [1.54, 1.807) is 0 Å². The zero-order chi connectivity index (χ0) is 14.8. The molecule has 0 atom stereocenters. The quantitative estimate of drug-likeness (QED) is 0.712. The Labute approximate surface area is 119 Å². The van der Waals surface area contributed by atoms with Gasteiger partial charge in [-0.05, 0) is 54.4 Å². The van der Waals surface area contributed by atoms with Crippen molar-refractivity contribution in [3.05, 3.63) is 29.3 Å². The molecule has 0 bridgehead atoms. The highest BCUT2D eigenvalue weighted by Gasteiger charge is 2.18. The topological polar surface area (TPSA) is 9.23 Å². The summed E-state index contributed by atoms with van der Waals surface area (Å²) < 4.78 is 5.91. The van der Waals surface area contributed by atoms with E-state index >= 15 is 0 Å². The van der Waals surface area contributed by atoms with Gasteiger partial charge in [0, 0.05) is 0 Å². The lowest BCUT2D eigenvalue weighted by Crippen LogP contribution is -2.15. The molecular weight excluding hydrogens is 232 g/mol.